The average molecular weight is 595 g/mol. The third-order valence-electron chi connectivity index (χ3n) is 7.11. The molecule has 2 aromatic carbocycles. The molecular formula is C27H30O15. The minimum Gasteiger partial charge on any atom is -0.508 e. The minimum absolute atomic E-state index is 0.0210. The van der Waals surface area contributed by atoms with E-state index in [-0.39, 0.29) is 34.0 Å². The Hall–Kier alpha value is -3.35. The monoisotopic (exact) mass is 594 g/mol. The average Bonchev–Trinajstić information content (AvgIpc) is 2.97. The highest BCUT2D eigenvalue weighted by atomic mass is 16.7. The van der Waals surface area contributed by atoms with E-state index in [1.807, 2.05) is 0 Å². The van der Waals surface area contributed by atoms with Gasteiger partial charge in [0.1, 0.15) is 82.8 Å². The lowest BCUT2D eigenvalue weighted by Crippen LogP contribution is -2.60. The molecule has 0 radical (unpaired) electrons. The predicted molar refractivity (Wildman–Crippen MR) is 138 cm³/mol. The van der Waals surface area contributed by atoms with E-state index in [0.29, 0.717) is 5.56 Å². The van der Waals surface area contributed by atoms with Gasteiger partial charge >= 0.3 is 0 Å². The molecule has 0 unspecified atom stereocenters. The Morgan fingerprint density at radius 2 is 1.24 bits per heavy atom. The Bertz CT molecular complexity index is 1440. The summed E-state index contributed by atoms with van der Waals surface area (Å²) in [5, 5.41) is 89.9. The Morgan fingerprint density at radius 1 is 0.690 bits per heavy atom. The second-order valence-corrected chi connectivity index (χ2v) is 9.95. The standard InChI is InChI=1S/C27H30O15/c28-8-17-20(32)22(34)24(36)26(41-17)38-12-5-15-19(13(31)7-14(39-15)10-1-3-11(30)4-2-10)16(6-12)40-27-25(37)23(35)21(33)18(9-29)42-27/h1-7,17-18,20-30,32-37H,8-9H2/t17-,18-,20-,21-,22+,23-,24-,25-,26-,27-/m1/s1. The first-order chi connectivity index (χ1) is 20.0. The summed E-state index contributed by atoms with van der Waals surface area (Å²) in [6, 6.07) is 9.29. The van der Waals surface area contributed by atoms with Gasteiger partial charge in [-0.3, -0.25) is 4.79 Å². The van der Waals surface area contributed by atoms with Gasteiger partial charge in [0, 0.05) is 23.8 Å². The molecule has 2 aliphatic heterocycles. The Kier molecular flexibility index (Phi) is 8.68. The molecule has 2 fully saturated rings. The maximum atomic E-state index is 13.3. The zero-order valence-corrected chi connectivity index (χ0v) is 21.7. The van der Waals surface area contributed by atoms with Gasteiger partial charge in [-0.15, -0.1) is 0 Å². The summed E-state index contributed by atoms with van der Waals surface area (Å²) in [5.41, 5.74) is -0.339. The fourth-order valence-corrected chi connectivity index (χ4v) is 4.75. The molecule has 228 valence electrons. The summed E-state index contributed by atoms with van der Waals surface area (Å²) < 4.78 is 28.2. The van der Waals surface area contributed by atoms with Crippen molar-refractivity contribution in [3.05, 3.63) is 52.7 Å². The van der Waals surface area contributed by atoms with E-state index in [9.17, 15) is 50.8 Å². The Labute approximate surface area is 236 Å². The second kappa shape index (κ2) is 12.1. The summed E-state index contributed by atoms with van der Waals surface area (Å²) >= 11 is 0. The molecule has 15 heteroatoms. The summed E-state index contributed by atoms with van der Waals surface area (Å²) in [6.45, 7) is -1.44. The number of hydrogen-bond donors (Lipinski definition) is 9. The smallest absolute Gasteiger partial charge is 0.229 e. The van der Waals surface area contributed by atoms with Gasteiger partial charge in [-0.05, 0) is 24.3 Å². The van der Waals surface area contributed by atoms with Gasteiger partial charge in [-0.1, -0.05) is 0 Å². The van der Waals surface area contributed by atoms with Crippen LogP contribution in [0.4, 0.5) is 0 Å². The number of benzene rings is 2. The number of phenols is 1. The summed E-state index contributed by atoms with van der Waals surface area (Å²) in [7, 11) is 0. The van der Waals surface area contributed by atoms with Crippen LogP contribution in [0.25, 0.3) is 22.3 Å². The van der Waals surface area contributed by atoms with Gasteiger partial charge in [0.25, 0.3) is 0 Å². The van der Waals surface area contributed by atoms with Crippen molar-refractivity contribution in [2.75, 3.05) is 13.2 Å². The number of aromatic hydroxyl groups is 1. The molecule has 2 aliphatic rings. The van der Waals surface area contributed by atoms with Crippen LogP contribution in [0.5, 0.6) is 17.2 Å². The van der Waals surface area contributed by atoms with Crippen LogP contribution >= 0.6 is 0 Å². The van der Waals surface area contributed by atoms with Gasteiger partial charge in [0.05, 0.1) is 13.2 Å². The van der Waals surface area contributed by atoms with E-state index < -0.39 is 80.1 Å². The zero-order chi connectivity index (χ0) is 30.3. The lowest BCUT2D eigenvalue weighted by Gasteiger charge is -2.40. The lowest BCUT2D eigenvalue weighted by atomic mass is 9.99. The molecule has 5 rings (SSSR count). The molecule has 3 heterocycles. The number of phenolic OH excluding ortho intramolecular Hbond substituents is 1. The molecule has 2 saturated heterocycles. The molecular weight excluding hydrogens is 564 g/mol. The normalized spacial score (nSPS) is 33.4. The van der Waals surface area contributed by atoms with E-state index in [1.54, 1.807) is 0 Å². The van der Waals surface area contributed by atoms with Crippen LogP contribution in [0.1, 0.15) is 0 Å². The van der Waals surface area contributed by atoms with E-state index in [0.717, 1.165) is 12.1 Å². The first-order valence-electron chi connectivity index (χ1n) is 12.9. The third-order valence-corrected chi connectivity index (χ3v) is 7.11. The molecule has 0 bridgehead atoms. The van der Waals surface area contributed by atoms with Crippen molar-refractivity contribution in [3.63, 3.8) is 0 Å². The lowest BCUT2D eigenvalue weighted by molar-refractivity contribution is -0.278. The van der Waals surface area contributed by atoms with E-state index in [2.05, 4.69) is 0 Å². The number of rotatable bonds is 7. The van der Waals surface area contributed by atoms with Crippen LogP contribution in [0, 0.1) is 0 Å². The molecule has 0 saturated carbocycles. The Morgan fingerprint density at radius 3 is 1.79 bits per heavy atom. The third kappa shape index (κ3) is 5.67. The molecule has 1 aromatic heterocycles. The maximum absolute atomic E-state index is 13.3. The van der Waals surface area contributed by atoms with Crippen molar-refractivity contribution >= 4 is 11.0 Å². The first-order valence-corrected chi connectivity index (χ1v) is 12.9. The highest BCUT2D eigenvalue weighted by Crippen LogP contribution is 2.36. The minimum atomic E-state index is -1.82. The van der Waals surface area contributed by atoms with Gasteiger partial charge in [0.2, 0.25) is 12.6 Å². The van der Waals surface area contributed by atoms with Gasteiger partial charge in [0.15, 0.2) is 5.43 Å². The molecule has 0 amide bonds. The number of ether oxygens (including phenoxy) is 4. The molecule has 3 aromatic rings. The van der Waals surface area contributed by atoms with Crippen LogP contribution in [-0.2, 0) is 9.47 Å². The molecule has 0 aliphatic carbocycles. The Balaban J connectivity index is 1.58. The second-order valence-electron chi connectivity index (χ2n) is 9.95. The maximum Gasteiger partial charge on any atom is 0.229 e. The van der Waals surface area contributed by atoms with Crippen LogP contribution in [0.2, 0.25) is 0 Å². The van der Waals surface area contributed by atoms with Crippen LogP contribution in [0.15, 0.2) is 51.7 Å². The molecule has 10 atom stereocenters. The first kappa shape index (κ1) is 30.1. The molecule has 9 N–H and O–H groups in total. The van der Waals surface area contributed by atoms with Gasteiger partial charge in [-0.2, -0.15) is 0 Å². The fraction of sp³-hybridized carbons (Fsp3) is 0.444. The van der Waals surface area contributed by atoms with Crippen molar-refractivity contribution in [1.82, 2.24) is 0 Å². The van der Waals surface area contributed by atoms with Crippen LogP contribution < -0.4 is 14.9 Å². The van der Waals surface area contributed by atoms with E-state index >= 15 is 0 Å². The summed E-state index contributed by atoms with van der Waals surface area (Å²) in [5.74, 6) is -0.413. The molecule has 15 nitrogen and oxygen atoms in total. The van der Waals surface area contributed by atoms with Crippen LogP contribution in [-0.4, -0.2) is 121 Å². The number of aliphatic hydroxyl groups excluding tert-OH is 8. The fourth-order valence-electron chi connectivity index (χ4n) is 4.75. The van der Waals surface area contributed by atoms with E-state index in [4.69, 9.17) is 23.4 Å². The highest BCUT2D eigenvalue weighted by molar-refractivity contribution is 5.86. The van der Waals surface area contributed by atoms with Gasteiger partial charge < -0.3 is 69.3 Å². The van der Waals surface area contributed by atoms with Crippen molar-refractivity contribution < 1.29 is 69.3 Å². The summed E-state index contributed by atoms with van der Waals surface area (Å²) in [4.78, 5) is 13.3. The SMILES string of the molecule is O=c1cc(-c2ccc(O)cc2)oc2cc(O[C@@H]3O[C@H](CO)[C@@H](O)[C@H](O)[C@H]3O)cc(O[C@@H]3O[C@H](CO)[C@@H](O)[C@@H](O)[C@H]3O)c12. The van der Waals surface area contributed by atoms with Crippen molar-refractivity contribution in [2.45, 2.75) is 61.4 Å². The quantitative estimate of drug-likeness (QED) is 0.137. The number of aliphatic hydroxyl groups is 8. The molecule has 42 heavy (non-hydrogen) atoms. The molecule has 0 spiro atoms. The largest absolute Gasteiger partial charge is 0.508 e. The number of fused-ring (bicyclic) bond motifs is 1. The predicted octanol–water partition coefficient (Wildman–Crippen LogP) is -2.48. The van der Waals surface area contributed by atoms with Crippen LogP contribution in [0.3, 0.4) is 0 Å². The van der Waals surface area contributed by atoms with E-state index in [1.165, 1.54) is 30.3 Å². The van der Waals surface area contributed by atoms with Gasteiger partial charge in [-0.25, -0.2) is 0 Å². The van der Waals surface area contributed by atoms with Crippen molar-refractivity contribution in [1.29, 1.82) is 0 Å². The highest BCUT2D eigenvalue weighted by Gasteiger charge is 2.46. The summed E-state index contributed by atoms with van der Waals surface area (Å²) in [6.07, 6.45) is -16.3. The number of hydrogen-bond acceptors (Lipinski definition) is 15. The zero-order valence-electron chi connectivity index (χ0n) is 21.7. The topological polar surface area (TPSA) is 249 Å². The van der Waals surface area contributed by atoms with Crippen molar-refractivity contribution in [2.24, 2.45) is 0 Å². The van der Waals surface area contributed by atoms with Crippen molar-refractivity contribution in [3.8, 4) is 28.6 Å².